The van der Waals surface area contributed by atoms with E-state index in [9.17, 15) is 0 Å². The van der Waals surface area contributed by atoms with Crippen molar-refractivity contribution >= 4 is 5.96 Å². The maximum atomic E-state index is 5.40. The van der Waals surface area contributed by atoms with Crippen LogP contribution in [-0.4, -0.2) is 75.3 Å². The monoisotopic (exact) mass is 336 g/mol. The molecule has 0 atom stereocenters. The summed E-state index contributed by atoms with van der Waals surface area (Å²) in [5, 5.41) is 3.60. The van der Waals surface area contributed by atoms with E-state index in [2.05, 4.69) is 20.1 Å². The molecule has 2 heterocycles. The second kappa shape index (κ2) is 9.04. The summed E-state index contributed by atoms with van der Waals surface area (Å²) in [4.78, 5) is 9.57. The number of unbranched alkanes of at least 4 members (excludes halogenated alkanes) is 1. The Morgan fingerprint density at radius 2 is 1.83 bits per heavy atom. The van der Waals surface area contributed by atoms with E-state index in [1.807, 2.05) is 7.05 Å². The molecular formula is C19H36N4O. The summed E-state index contributed by atoms with van der Waals surface area (Å²) in [5.41, 5.74) is 0.603. The first-order valence-electron chi connectivity index (χ1n) is 10.1. The van der Waals surface area contributed by atoms with Gasteiger partial charge in [0.1, 0.15) is 0 Å². The van der Waals surface area contributed by atoms with Gasteiger partial charge in [-0.1, -0.05) is 19.3 Å². The van der Waals surface area contributed by atoms with Gasteiger partial charge in [-0.15, -0.1) is 0 Å². The number of guanidine groups is 1. The molecule has 5 heteroatoms. The maximum Gasteiger partial charge on any atom is 0.193 e. The quantitative estimate of drug-likeness (QED) is 0.475. The zero-order valence-electron chi connectivity index (χ0n) is 15.6. The molecule has 5 nitrogen and oxygen atoms in total. The van der Waals surface area contributed by atoms with Gasteiger partial charge in [0.2, 0.25) is 0 Å². The molecule has 138 valence electrons. The molecule has 0 bridgehead atoms. The molecule has 2 aliphatic heterocycles. The van der Waals surface area contributed by atoms with Crippen molar-refractivity contribution in [1.29, 1.82) is 0 Å². The number of hydrogen-bond acceptors (Lipinski definition) is 3. The van der Waals surface area contributed by atoms with E-state index in [4.69, 9.17) is 4.74 Å². The zero-order valence-corrected chi connectivity index (χ0v) is 15.6. The number of rotatable bonds is 5. The third-order valence-electron chi connectivity index (χ3n) is 6.15. The predicted molar refractivity (Wildman–Crippen MR) is 99.6 cm³/mol. The van der Waals surface area contributed by atoms with Crippen molar-refractivity contribution in [3.05, 3.63) is 0 Å². The second-order valence-electron chi connectivity index (χ2n) is 7.87. The van der Waals surface area contributed by atoms with Crippen molar-refractivity contribution in [1.82, 2.24) is 15.1 Å². The topological polar surface area (TPSA) is 40.1 Å². The maximum absolute atomic E-state index is 5.40. The molecule has 3 fully saturated rings. The van der Waals surface area contributed by atoms with Crippen LogP contribution in [0.25, 0.3) is 0 Å². The van der Waals surface area contributed by atoms with E-state index < -0.39 is 0 Å². The summed E-state index contributed by atoms with van der Waals surface area (Å²) in [5.74, 6) is 1.13. The van der Waals surface area contributed by atoms with E-state index >= 15 is 0 Å². The van der Waals surface area contributed by atoms with Crippen LogP contribution < -0.4 is 5.32 Å². The first-order valence-corrected chi connectivity index (χ1v) is 10.1. The fourth-order valence-electron chi connectivity index (χ4n) is 4.64. The van der Waals surface area contributed by atoms with Gasteiger partial charge in [0.15, 0.2) is 5.96 Å². The fraction of sp³-hybridized carbons (Fsp3) is 0.947. The van der Waals surface area contributed by atoms with Crippen LogP contribution >= 0.6 is 0 Å². The highest BCUT2D eigenvalue weighted by atomic mass is 16.5. The van der Waals surface area contributed by atoms with Crippen LogP contribution in [0.1, 0.15) is 51.4 Å². The average molecular weight is 337 g/mol. The molecule has 1 saturated carbocycles. The molecule has 0 radical (unpaired) electrons. The standard InChI is InChI=1S/C19H36N4O/c1-20-18(21-10-5-6-11-22-13-15-24-16-14-22)23-12-9-19(17-23)7-3-2-4-8-19/h2-17H2,1H3,(H,20,21). The van der Waals surface area contributed by atoms with E-state index in [1.165, 1.54) is 71.0 Å². The zero-order chi connectivity index (χ0) is 16.7. The SMILES string of the molecule is CN=C(NCCCCN1CCOCC1)N1CCC2(CCCCC2)C1. The highest BCUT2D eigenvalue weighted by Gasteiger charge is 2.39. The minimum atomic E-state index is 0.603. The van der Waals surface area contributed by atoms with Gasteiger partial charge in [-0.2, -0.15) is 0 Å². The third-order valence-corrected chi connectivity index (χ3v) is 6.15. The largest absolute Gasteiger partial charge is 0.379 e. The summed E-state index contributed by atoms with van der Waals surface area (Å²) in [7, 11) is 1.93. The van der Waals surface area contributed by atoms with Crippen molar-refractivity contribution in [3.8, 4) is 0 Å². The van der Waals surface area contributed by atoms with E-state index in [0.717, 1.165) is 38.8 Å². The van der Waals surface area contributed by atoms with Crippen LogP contribution in [0.4, 0.5) is 0 Å². The molecule has 1 spiro atoms. The Kier molecular flexibility index (Phi) is 6.78. The van der Waals surface area contributed by atoms with Gasteiger partial charge in [-0.25, -0.2) is 0 Å². The lowest BCUT2D eigenvalue weighted by Gasteiger charge is -2.33. The lowest BCUT2D eigenvalue weighted by molar-refractivity contribution is 0.0372. The fourth-order valence-corrected chi connectivity index (χ4v) is 4.64. The van der Waals surface area contributed by atoms with Gasteiger partial charge in [0.25, 0.3) is 0 Å². The van der Waals surface area contributed by atoms with Crippen LogP contribution in [-0.2, 0) is 4.74 Å². The highest BCUT2D eigenvalue weighted by Crippen LogP contribution is 2.43. The summed E-state index contributed by atoms with van der Waals surface area (Å²) >= 11 is 0. The van der Waals surface area contributed by atoms with Gasteiger partial charge < -0.3 is 15.0 Å². The van der Waals surface area contributed by atoms with Crippen molar-refractivity contribution in [2.75, 3.05) is 59.5 Å². The van der Waals surface area contributed by atoms with Crippen LogP contribution in [0, 0.1) is 5.41 Å². The molecule has 0 amide bonds. The van der Waals surface area contributed by atoms with Gasteiger partial charge >= 0.3 is 0 Å². The van der Waals surface area contributed by atoms with E-state index in [-0.39, 0.29) is 0 Å². The van der Waals surface area contributed by atoms with Crippen LogP contribution in [0.5, 0.6) is 0 Å². The summed E-state index contributed by atoms with van der Waals surface area (Å²) in [6.45, 7) is 8.67. The number of likely N-dealkylation sites (tertiary alicyclic amines) is 1. The summed E-state index contributed by atoms with van der Waals surface area (Å²) in [6.07, 6.45) is 11.0. The Bertz CT molecular complexity index is 400. The molecule has 1 N–H and O–H groups in total. The van der Waals surface area contributed by atoms with Crippen LogP contribution in [0.3, 0.4) is 0 Å². The number of nitrogens with zero attached hydrogens (tertiary/aromatic N) is 3. The Balaban J connectivity index is 1.33. The lowest BCUT2D eigenvalue weighted by atomic mass is 9.73. The van der Waals surface area contributed by atoms with Crippen molar-refractivity contribution in [2.24, 2.45) is 10.4 Å². The Morgan fingerprint density at radius 3 is 2.58 bits per heavy atom. The van der Waals surface area contributed by atoms with E-state index in [1.54, 1.807) is 0 Å². The Hall–Kier alpha value is -0.810. The van der Waals surface area contributed by atoms with Crippen molar-refractivity contribution in [3.63, 3.8) is 0 Å². The van der Waals surface area contributed by atoms with Gasteiger partial charge in [-0.3, -0.25) is 9.89 Å². The van der Waals surface area contributed by atoms with Crippen molar-refractivity contribution in [2.45, 2.75) is 51.4 Å². The van der Waals surface area contributed by atoms with Gasteiger partial charge in [0.05, 0.1) is 13.2 Å². The first-order chi connectivity index (χ1) is 11.8. The summed E-state index contributed by atoms with van der Waals surface area (Å²) in [6, 6.07) is 0. The second-order valence-corrected chi connectivity index (χ2v) is 7.87. The minimum Gasteiger partial charge on any atom is -0.379 e. The number of hydrogen-bond donors (Lipinski definition) is 1. The molecule has 0 aromatic carbocycles. The van der Waals surface area contributed by atoms with Crippen molar-refractivity contribution < 1.29 is 4.74 Å². The molecule has 3 aliphatic rings. The van der Waals surface area contributed by atoms with Crippen LogP contribution in [0.2, 0.25) is 0 Å². The van der Waals surface area contributed by atoms with Gasteiger partial charge in [0, 0.05) is 39.8 Å². The van der Waals surface area contributed by atoms with Crippen LogP contribution in [0.15, 0.2) is 4.99 Å². The number of morpholine rings is 1. The molecule has 24 heavy (non-hydrogen) atoms. The summed E-state index contributed by atoms with van der Waals surface area (Å²) < 4.78 is 5.40. The number of ether oxygens (including phenoxy) is 1. The smallest absolute Gasteiger partial charge is 0.193 e. The average Bonchev–Trinajstić information content (AvgIpc) is 3.03. The number of aliphatic imine (C=N–C) groups is 1. The molecule has 2 saturated heterocycles. The Labute approximate surface area is 147 Å². The molecule has 3 rings (SSSR count). The van der Waals surface area contributed by atoms with Gasteiger partial charge in [-0.05, 0) is 44.1 Å². The Morgan fingerprint density at radius 1 is 1.04 bits per heavy atom. The lowest BCUT2D eigenvalue weighted by Crippen LogP contribution is -2.42. The molecule has 0 aromatic heterocycles. The predicted octanol–water partition coefficient (Wildman–Crippen LogP) is 2.33. The first kappa shape index (κ1) is 18.0. The third kappa shape index (κ3) is 4.85. The molecule has 0 unspecified atom stereocenters. The van der Waals surface area contributed by atoms with E-state index in [0.29, 0.717) is 5.41 Å². The molecule has 0 aromatic rings. The minimum absolute atomic E-state index is 0.603. The normalized spacial score (nSPS) is 25.4. The molecular weight excluding hydrogens is 300 g/mol. The molecule has 1 aliphatic carbocycles. The highest BCUT2D eigenvalue weighted by molar-refractivity contribution is 5.80. The number of nitrogens with one attached hydrogen (secondary N) is 1.